The van der Waals surface area contributed by atoms with Crippen LogP contribution in [0.5, 0.6) is 0 Å². The summed E-state index contributed by atoms with van der Waals surface area (Å²) < 4.78 is 109. The molecular weight excluding hydrogens is 555 g/mol. The molecule has 6 nitrogen and oxygen atoms in total. The van der Waals surface area contributed by atoms with E-state index >= 15 is 4.39 Å². The summed E-state index contributed by atoms with van der Waals surface area (Å²) in [5.74, 6) is -0.732. The molecule has 2 unspecified atom stereocenters. The van der Waals surface area contributed by atoms with E-state index < -0.39 is 62.9 Å². The summed E-state index contributed by atoms with van der Waals surface area (Å²) in [5.41, 5.74) is -7.79. The molecule has 37 heavy (non-hydrogen) atoms. The minimum atomic E-state index is -5.16. The van der Waals surface area contributed by atoms with Crippen LogP contribution in [0.25, 0.3) is 0 Å². The van der Waals surface area contributed by atoms with Crippen molar-refractivity contribution in [1.82, 2.24) is 9.88 Å². The van der Waals surface area contributed by atoms with Crippen LogP contribution in [0.1, 0.15) is 28.8 Å². The first kappa shape index (κ1) is 27.3. The van der Waals surface area contributed by atoms with Gasteiger partial charge >= 0.3 is 12.4 Å². The zero-order valence-corrected chi connectivity index (χ0v) is 20.4. The van der Waals surface area contributed by atoms with Gasteiger partial charge in [0.1, 0.15) is 5.75 Å². The van der Waals surface area contributed by atoms with Crippen molar-refractivity contribution >= 4 is 34.0 Å². The number of alkyl halides is 7. The molecule has 3 heterocycles. The lowest BCUT2D eigenvalue weighted by molar-refractivity contribution is -0.276. The van der Waals surface area contributed by atoms with Crippen LogP contribution in [0.4, 0.5) is 30.7 Å². The molecule has 200 valence electrons. The Morgan fingerprint density at radius 1 is 1.16 bits per heavy atom. The molecule has 1 aromatic heterocycles. The van der Waals surface area contributed by atoms with Crippen molar-refractivity contribution in [2.75, 3.05) is 25.1 Å². The highest BCUT2D eigenvalue weighted by atomic mass is 35.5. The smallest absolute Gasteiger partial charge is 0.374 e. The normalized spacial score (nSPS) is 22.2. The summed E-state index contributed by atoms with van der Waals surface area (Å²) >= 11 is 5.54. The number of nitrogens with zero attached hydrogens (tertiary/aromatic N) is 3. The van der Waals surface area contributed by atoms with E-state index in [-0.39, 0.29) is 41.9 Å². The molecule has 2 aliphatic heterocycles. The lowest BCUT2D eigenvalue weighted by atomic mass is 9.85. The molecule has 0 aliphatic carbocycles. The van der Waals surface area contributed by atoms with Gasteiger partial charge in [-0.05, 0) is 24.3 Å². The third-order valence-electron chi connectivity index (χ3n) is 6.04. The first-order chi connectivity index (χ1) is 17.1. The van der Waals surface area contributed by atoms with Crippen LogP contribution in [0.2, 0.25) is 5.02 Å². The van der Waals surface area contributed by atoms with Crippen molar-refractivity contribution in [2.45, 2.75) is 30.0 Å². The Bertz CT molecular complexity index is 1280. The molecule has 0 N–H and O–H groups in total. The van der Waals surface area contributed by atoms with Crippen LogP contribution < -0.4 is 0 Å². The molecule has 0 spiro atoms. The molecule has 0 saturated carbocycles. The second kappa shape index (κ2) is 9.22. The predicted molar refractivity (Wildman–Crippen MR) is 119 cm³/mol. The fraction of sp³-hybridized carbons (Fsp3) is 0.409. The monoisotopic (exact) mass is 571 g/mol. The van der Waals surface area contributed by atoms with Gasteiger partial charge in [-0.3, -0.25) is 14.0 Å². The second-order valence-corrected chi connectivity index (χ2v) is 10.5. The average molecular weight is 572 g/mol. The van der Waals surface area contributed by atoms with Crippen LogP contribution >= 0.6 is 11.6 Å². The molecular formula is C22H17ClF7N3O3S. The maximum absolute atomic E-state index is 15.1. The van der Waals surface area contributed by atoms with Gasteiger partial charge in [0.15, 0.2) is 5.67 Å². The minimum absolute atomic E-state index is 0.0390. The largest absolute Gasteiger partial charge is 0.435 e. The topological polar surface area (TPSA) is 71.9 Å². The van der Waals surface area contributed by atoms with Crippen molar-refractivity contribution in [3.63, 3.8) is 0 Å². The first-order valence-electron chi connectivity index (χ1n) is 10.5. The molecule has 1 amide bonds. The highest BCUT2D eigenvalue weighted by Crippen LogP contribution is 2.50. The Balaban J connectivity index is 1.55. The van der Waals surface area contributed by atoms with Crippen molar-refractivity contribution in [3.8, 4) is 0 Å². The second-order valence-electron chi connectivity index (χ2n) is 8.69. The van der Waals surface area contributed by atoms with E-state index in [9.17, 15) is 35.3 Å². The number of oxime groups is 1. The Hall–Kier alpha value is -2.74. The van der Waals surface area contributed by atoms with Crippen LogP contribution in [0.15, 0.2) is 41.7 Å². The summed E-state index contributed by atoms with van der Waals surface area (Å²) in [4.78, 5) is 21.8. The third-order valence-corrected chi connectivity index (χ3v) is 7.03. The molecule has 0 radical (unpaired) electrons. The Morgan fingerprint density at radius 3 is 2.38 bits per heavy atom. The Kier molecular flexibility index (Phi) is 6.81. The van der Waals surface area contributed by atoms with Gasteiger partial charge in [-0.1, -0.05) is 22.8 Å². The van der Waals surface area contributed by atoms with Crippen molar-refractivity contribution in [2.24, 2.45) is 5.16 Å². The van der Waals surface area contributed by atoms with Gasteiger partial charge in [0.05, 0.1) is 41.5 Å². The Labute approximate surface area is 212 Å². The summed E-state index contributed by atoms with van der Waals surface area (Å²) in [5, 5.41) is 2.70. The van der Waals surface area contributed by atoms with Crippen LogP contribution in [0.3, 0.4) is 0 Å². The van der Waals surface area contributed by atoms with Gasteiger partial charge in [0.25, 0.3) is 5.60 Å². The van der Waals surface area contributed by atoms with Crippen molar-refractivity contribution in [3.05, 3.63) is 63.9 Å². The van der Waals surface area contributed by atoms with Crippen LogP contribution in [0, 0.1) is 0 Å². The van der Waals surface area contributed by atoms with Crippen LogP contribution in [-0.4, -0.2) is 57.0 Å². The highest BCUT2D eigenvalue weighted by Gasteiger charge is 2.62. The molecule has 1 fully saturated rings. The number of likely N-dealkylation sites (tertiary alicyclic amines) is 1. The number of carbonyl (C=O) groups excluding carboxylic acids is 1. The number of hydrogen-bond acceptors (Lipinski definition) is 5. The Morgan fingerprint density at radius 2 is 1.84 bits per heavy atom. The zero-order chi connectivity index (χ0) is 27.4. The van der Waals surface area contributed by atoms with E-state index in [0.717, 1.165) is 12.3 Å². The average Bonchev–Trinajstić information content (AvgIpc) is 3.23. The van der Waals surface area contributed by atoms with Crippen LogP contribution in [-0.2, 0) is 37.9 Å². The third kappa shape index (κ3) is 5.05. The summed E-state index contributed by atoms with van der Waals surface area (Å²) in [6.07, 6.45) is -8.71. The van der Waals surface area contributed by atoms with E-state index in [1.165, 1.54) is 23.3 Å². The quantitative estimate of drug-likeness (QED) is 0.487. The summed E-state index contributed by atoms with van der Waals surface area (Å²) in [6.45, 7) is -0.649. The SMILES string of the molecule is CS(=O)CC(=O)N1CC(F)(c2ccc(C3=NOC(c4ccc(Cl)c(C(F)(F)F)c4)(C(F)(F)F)C3)cn2)C1. The van der Waals surface area contributed by atoms with Gasteiger partial charge in [-0.15, -0.1) is 0 Å². The van der Waals surface area contributed by atoms with Gasteiger partial charge in [-0.25, -0.2) is 4.39 Å². The molecule has 2 atom stereocenters. The number of amides is 1. The van der Waals surface area contributed by atoms with E-state index in [2.05, 4.69) is 10.1 Å². The number of carbonyl (C=O) groups is 1. The lowest BCUT2D eigenvalue weighted by Gasteiger charge is -2.43. The number of benzene rings is 1. The maximum Gasteiger partial charge on any atom is 0.435 e. The number of pyridine rings is 1. The van der Waals surface area contributed by atoms with Gasteiger partial charge in [0.2, 0.25) is 5.91 Å². The number of aromatic nitrogens is 1. The molecule has 0 bridgehead atoms. The molecule has 1 saturated heterocycles. The van der Waals surface area contributed by atoms with Crippen molar-refractivity contribution in [1.29, 1.82) is 0 Å². The lowest BCUT2D eigenvalue weighted by Crippen LogP contribution is -2.60. The molecule has 2 aromatic rings. The van der Waals surface area contributed by atoms with Gasteiger partial charge in [0, 0.05) is 34.4 Å². The van der Waals surface area contributed by atoms with E-state index in [1.807, 2.05) is 0 Å². The molecule has 4 rings (SSSR count). The molecule has 15 heteroatoms. The van der Waals surface area contributed by atoms with Gasteiger partial charge < -0.3 is 9.74 Å². The van der Waals surface area contributed by atoms with E-state index in [1.54, 1.807) is 0 Å². The van der Waals surface area contributed by atoms with Crippen molar-refractivity contribution < 1.29 is 44.6 Å². The number of hydrogen-bond donors (Lipinski definition) is 0. The summed E-state index contributed by atoms with van der Waals surface area (Å²) in [7, 11) is -1.39. The van der Waals surface area contributed by atoms with E-state index in [4.69, 9.17) is 16.4 Å². The maximum atomic E-state index is 15.1. The fourth-order valence-corrected chi connectivity index (χ4v) is 4.80. The number of rotatable bonds is 5. The zero-order valence-electron chi connectivity index (χ0n) is 18.8. The molecule has 2 aliphatic rings. The standard InChI is InChI=1S/C22H17ClF7N3O3S/c1-37(35)9-18(34)33-10-19(24,11-33)17-5-2-12(8-31-17)16-7-20(36-32-16,22(28,29)30)13-3-4-15(23)14(6-13)21(25,26)27/h2-6,8H,7,9-11H2,1H3. The van der Waals surface area contributed by atoms with Gasteiger partial charge in [-0.2, -0.15) is 26.3 Å². The first-order valence-corrected chi connectivity index (χ1v) is 12.6. The number of halogens is 8. The summed E-state index contributed by atoms with van der Waals surface area (Å²) in [6, 6.07) is 4.24. The minimum Gasteiger partial charge on any atom is -0.374 e. The highest BCUT2D eigenvalue weighted by molar-refractivity contribution is 7.85. The fourth-order valence-electron chi connectivity index (χ4n) is 4.04. The predicted octanol–water partition coefficient (Wildman–Crippen LogP) is 4.72. The molecule has 1 aromatic carbocycles. The van der Waals surface area contributed by atoms with E-state index in [0.29, 0.717) is 6.07 Å².